The van der Waals surface area contributed by atoms with Crippen molar-refractivity contribution in [2.45, 2.75) is 40.0 Å². The van der Waals surface area contributed by atoms with Gasteiger partial charge in [0, 0.05) is 39.8 Å². The quantitative estimate of drug-likeness (QED) is 0.505. The van der Waals surface area contributed by atoms with Crippen molar-refractivity contribution in [3.63, 3.8) is 0 Å². The van der Waals surface area contributed by atoms with Crippen molar-refractivity contribution in [3.8, 4) is 0 Å². The van der Waals surface area contributed by atoms with Gasteiger partial charge in [0.2, 0.25) is 0 Å². The summed E-state index contributed by atoms with van der Waals surface area (Å²) in [6.45, 7) is 10.7. The first-order valence-corrected chi connectivity index (χ1v) is 9.19. The molecule has 0 atom stereocenters. The summed E-state index contributed by atoms with van der Waals surface area (Å²) in [6, 6.07) is 3.46. The third-order valence-electron chi connectivity index (χ3n) is 4.45. The van der Waals surface area contributed by atoms with Crippen LogP contribution in [0, 0.1) is 5.41 Å². The van der Waals surface area contributed by atoms with Crippen LogP contribution in [0.15, 0.2) is 27.8 Å². The van der Waals surface area contributed by atoms with Crippen LogP contribution in [0.3, 0.4) is 0 Å². The molecule has 6 heteroatoms. The van der Waals surface area contributed by atoms with Gasteiger partial charge in [-0.05, 0) is 30.4 Å². The van der Waals surface area contributed by atoms with E-state index in [0.29, 0.717) is 24.3 Å². The summed E-state index contributed by atoms with van der Waals surface area (Å²) in [7, 11) is 1.82. The fraction of sp³-hybridized carbons (Fsp3) is 0.684. The Morgan fingerprint density at radius 2 is 1.88 bits per heavy atom. The maximum absolute atomic E-state index is 12.3. The molecule has 2 rings (SSSR count). The first-order valence-electron chi connectivity index (χ1n) is 9.19. The highest BCUT2D eigenvalue weighted by atomic mass is 16.3. The third-order valence-corrected chi connectivity index (χ3v) is 4.45. The summed E-state index contributed by atoms with van der Waals surface area (Å²) in [6.07, 6.45) is 5.14. The highest BCUT2D eigenvalue weighted by Crippen LogP contribution is 2.21. The van der Waals surface area contributed by atoms with Crippen LogP contribution in [-0.2, 0) is 0 Å². The van der Waals surface area contributed by atoms with Crippen LogP contribution >= 0.6 is 0 Å². The Bertz CT molecular complexity index is 552. The molecule has 140 valence electrons. The second-order valence-corrected chi connectivity index (χ2v) is 7.75. The lowest BCUT2D eigenvalue weighted by molar-refractivity contribution is 0.0657. The van der Waals surface area contributed by atoms with E-state index < -0.39 is 0 Å². The van der Waals surface area contributed by atoms with Gasteiger partial charge in [-0.15, -0.1) is 0 Å². The second-order valence-electron chi connectivity index (χ2n) is 7.75. The molecule has 1 aromatic rings. The monoisotopic (exact) mass is 348 g/mol. The van der Waals surface area contributed by atoms with E-state index in [-0.39, 0.29) is 5.91 Å². The van der Waals surface area contributed by atoms with Gasteiger partial charge in [0.15, 0.2) is 11.7 Å². The molecule has 0 bridgehead atoms. The average molecular weight is 348 g/mol. The lowest BCUT2D eigenvalue weighted by Crippen LogP contribution is -2.53. The largest absolute Gasteiger partial charge is 0.459 e. The fourth-order valence-electron chi connectivity index (χ4n) is 2.99. The Hall–Kier alpha value is -1.98. The number of nitrogens with one attached hydrogen (secondary N) is 1. The predicted molar refractivity (Wildman–Crippen MR) is 101 cm³/mol. The first-order chi connectivity index (χ1) is 11.9. The molecule has 0 aromatic carbocycles. The lowest BCUT2D eigenvalue weighted by Gasteiger charge is -2.36. The minimum absolute atomic E-state index is 0.0326. The Labute approximate surface area is 151 Å². The summed E-state index contributed by atoms with van der Waals surface area (Å²) in [4.78, 5) is 20.7. The average Bonchev–Trinajstić information content (AvgIpc) is 3.11. The minimum atomic E-state index is -0.0326. The van der Waals surface area contributed by atoms with E-state index in [0.717, 1.165) is 32.0 Å². The van der Waals surface area contributed by atoms with Crippen molar-refractivity contribution in [1.82, 2.24) is 15.1 Å². The van der Waals surface area contributed by atoms with Gasteiger partial charge in [-0.2, -0.15) is 0 Å². The Morgan fingerprint density at radius 1 is 1.20 bits per heavy atom. The van der Waals surface area contributed by atoms with Gasteiger partial charge in [-0.3, -0.25) is 9.79 Å². The number of furan rings is 1. The van der Waals surface area contributed by atoms with Gasteiger partial charge in [0.05, 0.1) is 6.26 Å². The number of piperazine rings is 1. The van der Waals surface area contributed by atoms with Crippen LogP contribution in [0.1, 0.15) is 50.6 Å². The molecule has 1 aromatic heterocycles. The molecule has 6 nitrogen and oxygen atoms in total. The number of carbonyl (C=O) groups is 1. The highest BCUT2D eigenvalue weighted by Gasteiger charge is 2.25. The zero-order valence-electron chi connectivity index (χ0n) is 16.0. The molecular weight excluding hydrogens is 316 g/mol. The van der Waals surface area contributed by atoms with E-state index in [4.69, 9.17) is 4.42 Å². The summed E-state index contributed by atoms with van der Waals surface area (Å²) < 4.78 is 5.20. The Balaban J connectivity index is 1.72. The molecular formula is C19H32N4O2. The maximum Gasteiger partial charge on any atom is 0.289 e. The number of aliphatic imine (C=N–C) groups is 1. The number of nitrogens with zero attached hydrogens (tertiary/aromatic N) is 3. The van der Waals surface area contributed by atoms with Gasteiger partial charge < -0.3 is 19.5 Å². The van der Waals surface area contributed by atoms with Gasteiger partial charge >= 0.3 is 0 Å². The maximum atomic E-state index is 12.3. The van der Waals surface area contributed by atoms with Crippen LogP contribution in [0.5, 0.6) is 0 Å². The van der Waals surface area contributed by atoms with Crippen molar-refractivity contribution in [1.29, 1.82) is 0 Å². The third kappa shape index (κ3) is 6.11. The van der Waals surface area contributed by atoms with E-state index in [1.54, 1.807) is 12.1 Å². The van der Waals surface area contributed by atoms with Crippen LogP contribution < -0.4 is 5.32 Å². The fourth-order valence-corrected chi connectivity index (χ4v) is 2.99. The molecule has 0 unspecified atom stereocenters. The van der Waals surface area contributed by atoms with Crippen molar-refractivity contribution in [2.24, 2.45) is 10.4 Å². The normalized spacial score (nSPS) is 16.2. The van der Waals surface area contributed by atoms with Crippen molar-refractivity contribution < 1.29 is 9.21 Å². The van der Waals surface area contributed by atoms with Crippen molar-refractivity contribution in [2.75, 3.05) is 39.8 Å². The molecule has 1 aliphatic rings. The second kappa shape index (κ2) is 8.92. The molecule has 25 heavy (non-hydrogen) atoms. The zero-order chi connectivity index (χ0) is 18.3. The highest BCUT2D eigenvalue weighted by molar-refractivity contribution is 5.91. The minimum Gasteiger partial charge on any atom is -0.459 e. The van der Waals surface area contributed by atoms with E-state index in [1.807, 2.05) is 11.9 Å². The SMILES string of the molecule is CN=C(NCCCCC(C)(C)C)N1CCN(C(=O)c2ccco2)CC1. The smallest absolute Gasteiger partial charge is 0.289 e. The number of hydrogen-bond acceptors (Lipinski definition) is 3. The van der Waals surface area contributed by atoms with E-state index in [9.17, 15) is 4.79 Å². The number of unbranched alkanes of at least 4 members (excludes halogenated alkanes) is 1. The topological polar surface area (TPSA) is 61.1 Å². The molecule has 2 heterocycles. The number of rotatable bonds is 5. The number of amides is 1. The molecule has 1 saturated heterocycles. The van der Waals surface area contributed by atoms with Gasteiger partial charge in [0.1, 0.15) is 0 Å². The predicted octanol–water partition coefficient (Wildman–Crippen LogP) is 2.83. The molecule has 0 radical (unpaired) electrons. The van der Waals surface area contributed by atoms with Crippen LogP contribution in [0.25, 0.3) is 0 Å². The van der Waals surface area contributed by atoms with Crippen LogP contribution in [0.4, 0.5) is 0 Å². The Kier molecular flexibility index (Phi) is 6.91. The molecule has 1 aliphatic heterocycles. The van der Waals surface area contributed by atoms with Gasteiger partial charge in [0.25, 0.3) is 5.91 Å². The van der Waals surface area contributed by atoms with Crippen molar-refractivity contribution in [3.05, 3.63) is 24.2 Å². The summed E-state index contributed by atoms with van der Waals surface area (Å²) in [5.74, 6) is 1.31. The molecule has 0 spiro atoms. The Morgan fingerprint density at radius 3 is 2.44 bits per heavy atom. The first kappa shape index (κ1) is 19.3. The van der Waals surface area contributed by atoms with E-state index >= 15 is 0 Å². The van der Waals surface area contributed by atoms with Gasteiger partial charge in [-0.1, -0.05) is 27.2 Å². The molecule has 1 fully saturated rings. The van der Waals surface area contributed by atoms with Gasteiger partial charge in [-0.25, -0.2) is 0 Å². The standard InChI is InChI=1S/C19H32N4O2/c1-19(2,3)9-5-6-10-21-18(20-4)23-13-11-22(12-14-23)17(24)16-8-7-15-25-16/h7-8,15H,5-6,9-14H2,1-4H3,(H,20,21). The molecule has 0 aliphatic carbocycles. The van der Waals surface area contributed by atoms with Crippen LogP contribution in [0.2, 0.25) is 0 Å². The van der Waals surface area contributed by atoms with Crippen molar-refractivity contribution >= 4 is 11.9 Å². The van der Waals surface area contributed by atoms with Crippen LogP contribution in [-0.4, -0.2) is 61.4 Å². The number of guanidine groups is 1. The zero-order valence-corrected chi connectivity index (χ0v) is 16.0. The summed E-state index contributed by atoms with van der Waals surface area (Å²) in [5.41, 5.74) is 0.401. The summed E-state index contributed by atoms with van der Waals surface area (Å²) in [5, 5.41) is 3.45. The van der Waals surface area contributed by atoms with E-state index in [2.05, 4.69) is 36.0 Å². The number of hydrogen-bond donors (Lipinski definition) is 1. The molecule has 0 saturated carbocycles. The summed E-state index contributed by atoms with van der Waals surface area (Å²) >= 11 is 0. The lowest BCUT2D eigenvalue weighted by atomic mass is 9.90. The molecule has 1 amide bonds. The van der Waals surface area contributed by atoms with E-state index in [1.165, 1.54) is 19.1 Å². The molecule has 1 N–H and O–H groups in total. The number of carbonyl (C=O) groups excluding carboxylic acids is 1.